The summed E-state index contributed by atoms with van der Waals surface area (Å²) in [6.07, 6.45) is 6.52. The molecule has 2 heterocycles. The SMILES string of the molecule is O=C(c1cc2n(n1)CCCO2)N(CCO)C1CCCCC1. The van der Waals surface area contributed by atoms with Crippen molar-refractivity contribution in [1.29, 1.82) is 0 Å². The van der Waals surface area contributed by atoms with Gasteiger partial charge >= 0.3 is 0 Å². The zero-order valence-electron chi connectivity index (χ0n) is 12.3. The summed E-state index contributed by atoms with van der Waals surface area (Å²) in [7, 11) is 0. The van der Waals surface area contributed by atoms with Gasteiger partial charge in [-0.25, -0.2) is 4.68 Å². The molecule has 0 bridgehead atoms. The zero-order chi connectivity index (χ0) is 14.7. The van der Waals surface area contributed by atoms with Crippen molar-refractivity contribution in [1.82, 2.24) is 14.7 Å². The van der Waals surface area contributed by atoms with Crippen molar-refractivity contribution in [3.8, 4) is 5.88 Å². The molecule has 1 aromatic heterocycles. The van der Waals surface area contributed by atoms with Crippen molar-refractivity contribution in [3.63, 3.8) is 0 Å². The van der Waals surface area contributed by atoms with Gasteiger partial charge in [0.1, 0.15) is 0 Å². The number of aromatic nitrogens is 2. The highest BCUT2D eigenvalue weighted by Crippen LogP contribution is 2.25. The molecule has 0 saturated heterocycles. The van der Waals surface area contributed by atoms with Crippen LogP contribution >= 0.6 is 0 Å². The summed E-state index contributed by atoms with van der Waals surface area (Å²) in [6, 6.07) is 1.97. The highest BCUT2D eigenvalue weighted by atomic mass is 16.5. The third kappa shape index (κ3) is 3.05. The van der Waals surface area contributed by atoms with Gasteiger partial charge < -0.3 is 14.7 Å². The first kappa shape index (κ1) is 14.4. The van der Waals surface area contributed by atoms with Crippen LogP contribution in [0.1, 0.15) is 49.0 Å². The second-order valence-electron chi connectivity index (χ2n) is 5.81. The Morgan fingerprint density at radius 3 is 2.90 bits per heavy atom. The number of rotatable bonds is 4. The predicted octanol–water partition coefficient (Wildman–Crippen LogP) is 1.43. The van der Waals surface area contributed by atoms with E-state index in [-0.39, 0.29) is 18.6 Å². The summed E-state index contributed by atoms with van der Waals surface area (Å²) in [5, 5.41) is 13.6. The molecule has 0 unspecified atom stereocenters. The fourth-order valence-electron chi connectivity index (χ4n) is 3.27. The van der Waals surface area contributed by atoms with Gasteiger partial charge in [0.25, 0.3) is 5.91 Å². The fraction of sp³-hybridized carbons (Fsp3) is 0.733. The van der Waals surface area contributed by atoms with Crippen LogP contribution in [0.3, 0.4) is 0 Å². The first-order valence-corrected chi connectivity index (χ1v) is 7.92. The van der Waals surface area contributed by atoms with Crippen LogP contribution in [0.25, 0.3) is 0 Å². The van der Waals surface area contributed by atoms with E-state index in [1.54, 1.807) is 15.6 Å². The molecule has 1 aromatic rings. The maximum Gasteiger partial charge on any atom is 0.274 e. The molecule has 1 aliphatic heterocycles. The second-order valence-corrected chi connectivity index (χ2v) is 5.81. The van der Waals surface area contributed by atoms with Gasteiger partial charge in [0.2, 0.25) is 5.88 Å². The number of fused-ring (bicyclic) bond motifs is 1. The summed E-state index contributed by atoms with van der Waals surface area (Å²) >= 11 is 0. The average Bonchev–Trinajstić information content (AvgIpc) is 2.97. The first-order valence-electron chi connectivity index (χ1n) is 7.92. The monoisotopic (exact) mass is 293 g/mol. The van der Waals surface area contributed by atoms with Crippen LogP contribution in [-0.2, 0) is 6.54 Å². The van der Waals surface area contributed by atoms with E-state index in [1.165, 1.54) is 6.42 Å². The number of aryl methyl sites for hydroxylation is 1. The summed E-state index contributed by atoms with van der Waals surface area (Å²) < 4.78 is 7.28. The molecule has 1 amide bonds. The molecular formula is C15H23N3O3. The number of ether oxygens (including phenoxy) is 1. The van der Waals surface area contributed by atoms with Gasteiger partial charge in [-0.15, -0.1) is 0 Å². The molecule has 6 heteroatoms. The number of carbonyl (C=O) groups excluding carboxylic acids is 1. The Morgan fingerprint density at radius 2 is 2.19 bits per heavy atom. The van der Waals surface area contributed by atoms with Crippen LogP contribution in [0, 0.1) is 0 Å². The maximum absolute atomic E-state index is 12.7. The molecule has 21 heavy (non-hydrogen) atoms. The van der Waals surface area contributed by atoms with Crippen LogP contribution in [-0.4, -0.2) is 51.5 Å². The minimum atomic E-state index is -0.0820. The van der Waals surface area contributed by atoms with Crippen molar-refractivity contribution in [2.45, 2.75) is 51.1 Å². The van der Waals surface area contributed by atoms with Gasteiger partial charge in [0.05, 0.1) is 13.2 Å². The van der Waals surface area contributed by atoms with E-state index in [1.807, 2.05) is 0 Å². The second kappa shape index (κ2) is 6.47. The smallest absolute Gasteiger partial charge is 0.274 e. The number of nitrogens with zero attached hydrogens (tertiary/aromatic N) is 3. The molecule has 6 nitrogen and oxygen atoms in total. The van der Waals surface area contributed by atoms with Gasteiger partial charge in [-0.2, -0.15) is 5.10 Å². The van der Waals surface area contributed by atoms with E-state index in [0.29, 0.717) is 24.7 Å². The lowest BCUT2D eigenvalue weighted by Crippen LogP contribution is -2.43. The molecule has 116 valence electrons. The van der Waals surface area contributed by atoms with Crippen molar-refractivity contribution in [2.75, 3.05) is 19.8 Å². The summed E-state index contributed by atoms with van der Waals surface area (Å²) in [5.74, 6) is 0.596. The average molecular weight is 293 g/mol. The van der Waals surface area contributed by atoms with E-state index in [0.717, 1.165) is 38.6 Å². The molecule has 1 saturated carbocycles. The summed E-state index contributed by atoms with van der Waals surface area (Å²) in [6.45, 7) is 1.85. The van der Waals surface area contributed by atoms with E-state index in [9.17, 15) is 9.90 Å². The third-order valence-electron chi connectivity index (χ3n) is 4.34. The normalized spacial score (nSPS) is 18.9. The van der Waals surface area contributed by atoms with Gasteiger partial charge in [-0.1, -0.05) is 19.3 Å². The van der Waals surface area contributed by atoms with Crippen LogP contribution in [0.15, 0.2) is 6.07 Å². The molecule has 3 rings (SSSR count). The molecule has 1 N–H and O–H groups in total. The Labute approximate surface area is 124 Å². The van der Waals surface area contributed by atoms with Crippen molar-refractivity contribution < 1.29 is 14.6 Å². The minimum absolute atomic E-state index is 0.00763. The molecule has 1 aliphatic carbocycles. The molecule has 1 fully saturated rings. The van der Waals surface area contributed by atoms with Crippen LogP contribution in [0.4, 0.5) is 0 Å². The molecular weight excluding hydrogens is 270 g/mol. The number of carbonyl (C=O) groups is 1. The summed E-state index contributed by atoms with van der Waals surface area (Å²) in [5.41, 5.74) is 0.436. The lowest BCUT2D eigenvalue weighted by Gasteiger charge is -2.33. The Bertz CT molecular complexity index is 471. The number of aliphatic hydroxyl groups excluding tert-OH is 1. The first-order chi connectivity index (χ1) is 10.3. The topological polar surface area (TPSA) is 67.6 Å². The number of hydrogen-bond acceptors (Lipinski definition) is 4. The lowest BCUT2D eigenvalue weighted by atomic mass is 9.94. The predicted molar refractivity (Wildman–Crippen MR) is 77.3 cm³/mol. The van der Waals surface area contributed by atoms with Crippen LogP contribution in [0.2, 0.25) is 0 Å². The van der Waals surface area contributed by atoms with Crippen molar-refractivity contribution >= 4 is 5.91 Å². The van der Waals surface area contributed by atoms with E-state index >= 15 is 0 Å². The molecule has 0 atom stereocenters. The van der Waals surface area contributed by atoms with E-state index in [4.69, 9.17) is 4.74 Å². The quantitative estimate of drug-likeness (QED) is 0.912. The Morgan fingerprint density at radius 1 is 1.38 bits per heavy atom. The maximum atomic E-state index is 12.7. The van der Waals surface area contributed by atoms with Crippen LogP contribution in [0.5, 0.6) is 5.88 Å². The zero-order valence-corrected chi connectivity index (χ0v) is 12.3. The molecule has 0 spiro atoms. The van der Waals surface area contributed by atoms with Gasteiger partial charge in [-0.3, -0.25) is 4.79 Å². The fourth-order valence-corrected chi connectivity index (χ4v) is 3.27. The van der Waals surface area contributed by atoms with Gasteiger partial charge in [0.15, 0.2) is 5.69 Å². The number of aliphatic hydroxyl groups is 1. The van der Waals surface area contributed by atoms with Gasteiger partial charge in [-0.05, 0) is 12.8 Å². The van der Waals surface area contributed by atoms with Crippen molar-refractivity contribution in [2.24, 2.45) is 0 Å². The largest absolute Gasteiger partial charge is 0.478 e. The van der Waals surface area contributed by atoms with Gasteiger partial charge in [0, 0.05) is 31.6 Å². The number of amides is 1. The highest BCUT2D eigenvalue weighted by molar-refractivity contribution is 5.92. The van der Waals surface area contributed by atoms with E-state index in [2.05, 4.69) is 5.10 Å². The molecule has 2 aliphatic rings. The Kier molecular flexibility index (Phi) is 4.43. The molecule has 0 radical (unpaired) electrons. The minimum Gasteiger partial charge on any atom is -0.478 e. The van der Waals surface area contributed by atoms with Crippen LogP contribution < -0.4 is 4.74 Å². The van der Waals surface area contributed by atoms with Crippen molar-refractivity contribution in [3.05, 3.63) is 11.8 Å². The standard InChI is InChI=1S/C15H23N3O3/c19-9-8-17(12-5-2-1-3-6-12)15(20)13-11-14-18(16-13)7-4-10-21-14/h11-12,19H,1-10H2. The Hall–Kier alpha value is -1.56. The highest BCUT2D eigenvalue weighted by Gasteiger charge is 2.28. The third-order valence-corrected chi connectivity index (χ3v) is 4.34. The summed E-state index contributed by atoms with van der Waals surface area (Å²) in [4.78, 5) is 14.5. The molecule has 0 aromatic carbocycles. The lowest BCUT2D eigenvalue weighted by molar-refractivity contribution is 0.0578. The van der Waals surface area contributed by atoms with E-state index < -0.39 is 0 Å². The number of hydrogen-bond donors (Lipinski definition) is 1. The Balaban J connectivity index is 1.77.